The third-order valence-corrected chi connectivity index (χ3v) is 7.28. The molecule has 0 unspecified atom stereocenters. The van der Waals surface area contributed by atoms with Crippen LogP contribution in [-0.4, -0.2) is 48.4 Å². The Kier molecular flexibility index (Phi) is 6.71. The van der Waals surface area contributed by atoms with Gasteiger partial charge >= 0.3 is 0 Å². The Balaban J connectivity index is 1.12. The maximum Gasteiger partial charge on any atom is 0.271 e. The number of aromatic nitrogens is 2. The van der Waals surface area contributed by atoms with Crippen molar-refractivity contribution < 1.29 is 9.53 Å². The van der Waals surface area contributed by atoms with Gasteiger partial charge < -0.3 is 14.6 Å². The number of fused-ring (bicyclic) bond motifs is 1. The molecule has 7 nitrogen and oxygen atoms in total. The lowest BCUT2D eigenvalue weighted by molar-refractivity contribution is 0.0955. The Morgan fingerprint density at radius 3 is 2.79 bits per heavy atom. The molecule has 2 N–H and O–H groups in total. The first-order chi connectivity index (χ1) is 16.2. The number of morpholine rings is 1. The zero-order valence-corrected chi connectivity index (χ0v) is 19.5. The summed E-state index contributed by atoms with van der Waals surface area (Å²) in [5.41, 5.74) is 6.31. The number of amides is 1. The van der Waals surface area contributed by atoms with E-state index in [1.54, 1.807) is 29.3 Å². The molecular weight excluding hydrogens is 454 g/mol. The van der Waals surface area contributed by atoms with Crippen molar-refractivity contribution in [2.45, 2.75) is 10.9 Å². The number of rotatable bonds is 7. The molecule has 2 aromatic carbocycles. The second kappa shape index (κ2) is 10.2. The second-order valence-corrected chi connectivity index (χ2v) is 9.58. The van der Waals surface area contributed by atoms with Gasteiger partial charge in [-0.1, -0.05) is 36.0 Å². The predicted molar refractivity (Wildman–Crippen MR) is 135 cm³/mol. The minimum absolute atomic E-state index is 0.229. The van der Waals surface area contributed by atoms with E-state index in [0.29, 0.717) is 5.56 Å². The fourth-order valence-corrected chi connectivity index (χ4v) is 5.26. The molecule has 0 radical (unpaired) electrons. The van der Waals surface area contributed by atoms with Crippen molar-refractivity contribution >= 4 is 51.3 Å². The number of nitrogens with one attached hydrogen (secondary N) is 2. The van der Waals surface area contributed by atoms with E-state index in [1.165, 1.54) is 5.00 Å². The normalized spacial score (nSPS) is 14.2. The number of nitrogens with zero attached hydrogens (tertiary/aromatic N) is 3. The van der Waals surface area contributed by atoms with Crippen LogP contribution in [0.2, 0.25) is 0 Å². The van der Waals surface area contributed by atoms with Crippen LogP contribution in [0.15, 0.2) is 70.9 Å². The fraction of sp³-hybridized carbons (Fsp3) is 0.208. The number of aromatic amines is 1. The molecule has 168 valence electrons. The average Bonchev–Trinajstić information content (AvgIpc) is 3.50. The van der Waals surface area contributed by atoms with Gasteiger partial charge in [0.2, 0.25) is 0 Å². The van der Waals surface area contributed by atoms with E-state index in [-0.39, 0.29) is 5.91 Å². The fourth-order valence-electron chi connectivity index (χ4n) is 3.49. The van der Waals surface area contributed by atoms with Gasteiger partial charge in [0.05, 0.1) is 35.5 Å². The Labute approximate surface area is 199 Å². The van der Waals surface area contributed by atoms with E-state index in [4.69, 9.17) is 4.74 Å². The van der Waals surface area contributed by atoms with E-state index in [9.17, 15) is 4.79 Å². The zero-order chi connectivity index (χ0) is 22.5. The number of carbonyl (C=O) groups excluding carboxylic acids is 1. The molecule has 9 heteroatoms. The van der Waals surface area contributed by atoms with Crippen LogP contribution in [0.3, 0.4) is 0 Å². The standard InChI is InChI=1S/C24H23N5O2S2/c30-23(28-25-15-19-9-10-22(33-19)29-11-13-31-14-12-29)18-7-5-17(6-8-18)16-32-24-26-20-3-1-2-4-21(20)27-24/h1-10,15H,11-14,16H2,(H,26,27)(H,28,30)/b25-15+. The summed E-state index contributed by atoms with van der Waals surface area (Å²) in [4.78, 5) is 23.6. The minimum atomic E-state index is -0.229. The molecule has 0 aliphatic carbocycles. The van der Waals surface area contributed by atoms with E-state index in [0.717, 1.165) is 58.7 Å². The summed E-state index contributed by atoms with van der Waals surface area (Å²) in [7, 11) is 0. The molecule has 0 spiro atoms. The third-order valence-electron chi connectivity index (χ3n) is 5.25. The van der Waals surface area contributed by atoms with Crippen molar-refractivity contribution in [3.05, 3.63) is 76.7 Å². The van der Waals surface area contributed by atoms with Gasteiger partial charge in [0.25, 0.3) is 5.91 Å². The Morgan fingerprint density at radius 1 is 1.15 bits per heavy atom. The third kappa shape index (κ3) is 5.44. The molecule has 3 heterocycles. The molecule has 1 fully saturated rings. The SMILES string of the molecule is O=C(N/N=C/c1ccc(N2CCOCC2)s1)c1ccc(CSc2nc3ccccc3[nH]2)cc1. The van der Waals surface area contributed by atoms with Crippen molar-refractivity contribution in [1.29, 1.82) is 0 Å². The number of thioether (sulfide) groups is 1. The summed E-state index contributed by atoms with van der Waals surface area (Å²) >= 11 is 3.29. The van der Waals surface area contributed by atoms with Gasteiger partial charge in [-0.15, -0.1) is 11.3 Å². The molecule has 4 aromatic rings. The Bertz CT molecular complexity index is 1230. The maximum absolute atomic E-state index is 12.4. The van der Waals surface area contributed by atoms with Crippen LogP contribution >= 0.6 is 23.1 Å². The molecule has 33 heavy (non-hydrogen) atoms. The van der Waals surface area contributed by atoms with E-state index < -0.39 is 0 Å². The van der Waals surface area contributed by atoms with Crippen LogP contribution in [0.25, 0.3) is 11.0 Å². The molecule has 0 saturated carbocycles. The highest BCUT2D eigenvalue weighted by molar-refractivity contribution is 7.98. The van der Waals surface area contributed by atoms with Gasteiger partial charge in [-0.2, -0.15) is 5.10 Å². The number of ether oxygens (including phenoxy) is 1. The summed E-state index contributed by atoms with van der Waals surface area (Å²) in [6, 6.07) is 19.6. The van der Waals surface area contributed by atoms with E-state index >= 15 is 0 Å². The van der Waals surface area contributed by atoms with Crippen LogP contribution < -0.4 is 10.3 Å². The number of benzene rings is 2. The molecular formula is C24H23N5O2S2. The first-order valence-corrected chi connectivity index (χ1v) is 12.5. The lowest BCUT2D eigenvalue weighted by Crippen LogP contribution is -2.35. The minimum Gasteiger partial charge on any atom is -0.378 e. The highest BCUT2D eigenvalue weighted by atomic mass is 32.2. The molecule has 1 saturated heterocycles. The first-order valence-electron chi connectivity index (χ1n) is 10.7. The highest BCUT2D eigenvalue weighted by Crippen LogP contribution is 2.26. The topological polar surface area (TPSA) is 82.6 Å². The first kappa shape index (κ1) is 21.7. The van der Waals surface area contributed by atoms with Crippen molar-refractivity contribution in [1.82, 2.24) is 15.4 Å². The summed E-state index contributed by atoms with van der Waals surface area (Å²) < 4.78 is 5.40. The van der Waals surface area contributed by atoms with E-state index in [2.05, 4.69) is 31.5 Å². The lowest BCUT2D eigenvalue weighted by atomic mass is 10.1. The zero-order valence-electron chi connectivity index (χ0n) is 17.9. The number of imidazole rings is 1. The van der Waals surface area contributed by atoms with Gasteiger partial charge in [-0.25, -0.2) is 10.4 Å². The predicted octanol–water partition coefficient (Wildman–Crippen LogP) is 4.52. The number of thiophene rings is 1. The molecule has 1 amide bonds. The smallest absolute Gasteiger partial charge is 0.271 e. The Hall–Kier alpha value is -3.14. The molecule has 2 aromatic heterocycles. The van der Waals surface area contributed by atoms with Gasteiger partial charge in [-0.05, 0) is 42.0 Å². The van der Waals surface area contributed by atoms with Crippen LogP contribution in [0.1, 0.15) is 20.8 Å². The number of hydrogen-bond donors (Lipinski definition) is 2. The molecule has 0 atom stereocenters. The van der Waals surface area contributed by atoms with Crippen molar-refractivity contribution in [3.63, 3.8) is 0 Å². The Morgan fingerprint density at radius 2 is 1.97 bits per heavy atom. The number of H-pyrrole nitrogens is 1. The maximum atomic E-state index is 12.4. The summed E-state index contributed by atoms with van der Waals surface area (Å²) in [5.74, 6) is 0.539. The average molecular weight is 478 g/mol. The number of hydrogen-bond acceptors (Lipinski definition) is 7. The summed E-state index contributed by atoms with van der Waals surface area (Å²) in [5, 5.41) is 6.20. The van der Waals surface area contributed by atoms with Crippen LogP contribution in [0.4, 0.5) is 5.00 Å². The molecule has 0 bridgehead atoms. The van der Waals surface area contributed by atoms with Gasteiger partial charge in [0, 0.05) is 29.3 Å². The number of hydrazone groups is 1. The quantitative estimate of drug-likeness (QED) is 0.232. The summed E-state index contributed by atoms with van der Waals surface area (Å²) in [6.45, 7) is 3.32. The molecule has 1 aliphatic heterocycles. The largest absolute Gasteiger partial charge is 0.378 e. The van der Waals surface area contributed by atoms with Crippen molar-refractivity contribution in [2.24, 2.45) is 5.10 Å². The van der Waals surface area contributed by atoms with Crippen LogP contribution in [0.5, 0.6) is 0 Å². The second-order valence-electron chi connectivity index (χ2n) is 7.52. The monoisotopic (exact) mass is 477 g/mol. The van der Waals surface area contributed by atoms with Gasteiger partial charge in [0.1, 0.15) is 0 Å². The van der Waals surface area contributed by atoms with E-state index in [1.807, 2.05) is 54.6 Å². The lowest BCUT2D eigenvalue weighted by Gasteiger charge is -2.27. The number of para-hydroxylation sites is 2. The highest BCUT2D eigenvalue weighted by Gasteiger charge is 2.13. The number of anilines is 1. The van der Waals surface area contributed by atoms with Gasteiger partial charge in [-0.3, -0.25) is 4.79 Å². The van der Waals surface area contributed by atoms with Crippen LogP contribution in [0, 0.1) is 0 Å². The summed E-state index contributed by atoms with van der Waals surface area (Å²) in [6.07, 6.45) is 1.69. The number of carbonyl (C=O) groups is 1. The van der Waals surface area contributed by atoms with Crippen LogP contribution in [-0.2, 0) is 10.5 Å². The van der Waals surface area contributed by atoms with Crippen molar-refractivity contribution in [2.75, 3.05) is 31.2 Å². The van der Waals surface area contributed by atoms with Crippen molar-refractivity contribution in [3.8, 4) is 0 Å². The molecule has 5 rings (SSSR count). The molecule has 1 aliphatic rings. The van der Waals surface area contributed by atoms with Gasteiger partial charge in [0.15, 0.2) is 5.16 Å².